The number of hydrogen-bond acceptors (Lipinski definition) is 3. The molecule has 0 aromatic heterocycles. The number of rotatable bonds is 6. The van der Waals surface area contributed by atoms with Crippen LogP contribution >= 0.6 is 15.9 Å². The molecule has 1 rings (SSSR count). The van der Waals surface area contributed by atoms with Crippen molar-refractivity contribution in [1.29, 1.82) is 0 Å². The fourth-order valence-corrected chi connectivity index (χ4v) is 2.06. The van der Waals surface area contributed by atoms with E-state index in [1.807, 2.05) is 39.0 Å². The van der Waals surface area contributed by atoms with Gasteiger partial charge in [0.05, 0.1) is 13.2 Å². The van der Waals surface area contributed by atoms with Crippen LogP contribution in [0.4, 0.5) is 0 Å². The molecule has 4 nitrogen and oxygen atoms in total. The zero-order chi connectivity index (χ0) is 14.4. The van der Waals surface area contributed by atoms with Gasteiger partial charge in [-0.1, -0.05) is 15.9 Å². The van der Waals surface area contributed by atoms with Crippen molar-refractivity contribution in [3.8, 4) is 5.75 Å². The van der Waals surface area contributed by atoms with E-state index in [1.54, 1.807) is 7.11 Å². The molecule has 0 spiro atoms. The fourth-order valence-electron chi connectivity index (χ4n) is 1.65. The van der Waals surface area contributed by atoms with Crippen LogP contribution in [0, 0.1) is 0 Å². The smallest absolute Gasteiger partial charge is 0.237 e. The highest BCUT2D eigenvalue weighted by molar-refractivity contribution is 9.10. The maximum atomic E-state index is 11.8. The van der Waals surface area contributed by atoms with Crippen molar-refractivity contribution in [2.24, 2.45) is 0 Å². The van der Waals surface area contributed by atoms with Gasteiger partial charge in [-0.05, 0) is 39.0 Å². The Kier molecular flexibility index (Phi) is 6.31. The number of benzene rings is 1. The number of hydrogen-bond donors (Lipinski definition) is 2. The van der Waals surface area contributed by atoms with Crippen molar-refractivity contribution < 1.29 is 9.53 Å². The molecule has 1 aromatic rings. The lowest BCUT2D eigenvalue weighted by Gasteiger charge is -2.17. The van der Waals surface area contributed by atoms with E-state index < -0.39 is 0 Å². The van der Waals surface area contributed by atoms with E-state index in [9.17, 15) is 4.79 Å². The highest BCUT2D eigenvalue weighted by Crippen LogP contribution is 2.22. The molecule has 0 fully saturated rings. The third kappa shape index (κ3) is 5.20. The number of ether oxygens (including phenoxy) is 1. The Morgan fingerprint density at radius 3 is 2.63 bits per heavy atom. The highest BCUT2D eigenvalue weighted by Gasteiger charge is 2.13. The standard InChI is InChI=1S/C14H21BrN2O2/c1-9(2)17-14(18)10(3)16-8-11-7-12(15)5-6-13(11)19-4/h5-7,9-10,16H,8H2,1-4H3,(H,17,18). The van der Waals surface area contributed by atoms with Crippen LogP contribution in [-0.2, 0) is 11.3 Å². The van der Waals surface area contributed by atoms with Crippen molar-refractivity contribution in [2.45, 2.75) is 39.4 Å². The van der Waals surface area contributed by atoms with Crippen LogP contribution in [0.1, 0.15) is 26.3 Å². The zero-order valence-corrected chi connectivity index (χ0v) is 13.4. The maximum Gasteiger partial charge on any atom is 0.237 e. The van der Waals surface area contributed by atoms with Gasteiger partial charge in [-0.2, -0.15) is 0 Å². The Morgan fingerprint density at radius 2 is 2.05 bits per heavy atom. The first-order chi connectivity index (χ1) is 8.93. The third-order valence-corrected chi connectivity index (χ3v) is 3.16. The maximum absolute atomic E-state index is 11.8. The van der Waals surface area contributed by atoms with Crippen molar-refractivity contribution >= 4 is 21.8 Å². The number of nitrogens with one attached hydrogen (secondary N) is 2. The molecule has 106 valence electrons. The van der Waals surface area contributed by atoms with Gasteiger partial charge in [0.25, 0.3) is 0 Å². The van der Waals surface area contributed by atoms with Gasteiger partial charge in [-0.15, -0.1) is 0 Å². The molecule has 0 saturated heterocycles. The Morgan fingerprint density at radius 1 is 1.37 bits per heavy atom. The van der Waals surface area contributed by atoms with Gasteiger partial charge in [0.1, 0.15) is 5.75 Å². The van der Waals surface area contributed by atoms with Gasteiger partial charge in [-0.3, -0.25) is 4.79 Å². The third-order valence-electron chi connectivity index (χ3n) is 2.67. The van der Waals surface area contributed by atoms with Gasteiger partial charge >= 0.3 is 0 Å². The van der Waals surface area contributed by atoms with E-state index in [4.69, 9.17) is 4.74 Å². The summed E-state index contributed by atoms with van der Waals surface area (Å²) in [6.45, 7) is 6.32. The lowest BCUT2D eigenvalue weighted by molar-refractivity contribution is -0.123. The number of amides is 1. The highest BCUT2D eigenvalue weighted by atomic mass is 79.9. The summed E-state index contributed by atoms with van der Waals surface area (Å²) < 4.78 is 6.29. The molecule has 1 unspecified atom stereocenters. The SMILES string of the molecule is COc1ccc(Br)cc1CNC(C)C(=O)NC(C)C. The number of methoxy groups -OCH3 is 1. The van der Waals surface area contributed by atoms with E-state index in [0.29, 0.717) is 6.54 Å². The second kappa shape index (κ2) is 7.50. The topological polar surface area (TPSA) is 50.4 Å². The number of halogens is 1. The first-order valence-electron chi connectivity index (χ1n) is 6.30. The Hall–Kier alpha value is -1.07. The van der Waals surface area contributed by atoms with Gasteiger partial charge in [0, 0.05) is 22.6 Å². The first-order valence-corrected chi connectivity index (χ1v) is 7.09. The van der Waals surface area contributed by atoms with E-state index >= 15 is 0 Å². The largest absolute Gasteiger partial charge is 0.496 e. The molecule has 1 aromatic carbocycles. The predicted molar refractivity (Wildman–Crippen MR) is 80.3 cm³/mol. The normalized spacial score (nSPS) is 12.3. The minimum absolute atomic E-state index is 0.00367. The summed E-state index contributed by atoms with van der Waals surface area (Å²) in [5.41, 5.74) is 1.01. The average molecular weight is 329 g/mol. The molecule has 0 radical (unpaired) electrons. The molecule has 0 aliphatic heterocycles. The van der Waals surface area contributed by atoms with Crippen molar-refractivity contribution in [2.75, 3.05) is 7.11 Å². The number of carbonyl (C=O) groups excluding carboxylic acids is 1. The molecule has 1 atom stereocenters. The van der Waals surface area contributed by atoms with E-state index in [-0.39, 0.29) is 18.0 Å². The molecular weight excluding hydrogens is 308 g/mol. The van der Waals surface area contributed by atoms with Gasteiger partial charge < -0.3 is 15.4 Å². The molecule has 2 N–H and O–H groups in total. The molecule has 1 amide bonds. The van der Waals surface area contributed by atoms with Crippen LogP contribution in [0.25, 0.3) is 0 Å². The lowest BCUT2D eigenvalue weighted by Crippen LogP contribution is -2.44. The summed E-state index contributed by atoms with van der Waals surface area (Å²) in [5, 5.41) is 6.07. The van der Waals surface area contributed by atoms with E-state index in [2.05, 4.69) is 26.6 Å². The fraction of sp³-hybridized carbons (Fsp3) is 0.500. The monoisotopic (exact) mass is 328 g/mol. The zero-order valence-electron chi connectivity index (χ0n) is 11.8. The van der Waals surface area contributed by atoms with E-state index in [0.717, 1.165) is 15.8 Å². The minimum Gasteiger partial charge on any atom is -0.496 e. The van der Waals surface area contributed by atoms with Crippen LogP contribution in [0.15, 0.2) is 22.7 Å². The molecular formula is C14H21BrN2O2. The molecule has 0 bridgehead atoms. The lowest BCUT2D eigenvalue weighted by atomic mass is 10.2. The molecule has 0 aliphatic rings. The van der Waals surface area contributed by atoms with Crippen molar-refractivity contribution in [3.05, 3.63) is 28.2 Å². The van der Waals surface area contributed by atoms with Crippen molar-refractivity contribution in [1.82, 2.24) is 10.6 Å². The van der Waals surface area contributed by atoms with Crippen LogP contribution in [-0.4, -0.2) is 25.1 Å². The van der Waals surface area contributed by atoms with Gasteiger partial charge in [-0.25, -0.2) is 0 Å². The van der Waals surface area contributed by atoms with Crippen molar-refractivity contribution in [3.63, 3.8) is 0 Å². The summed E-state index contributed by atoms with van der Waals surface area (Å²) in [6, 6.07) is 5.72. The van der Waals surface area contributed by atoms with Crippen LogP contribution in [0.5, 0.6) is 5.75 Å². The summed E-state index contributed by atoms with van der Waals surface area (Å²) in [4.78, 5) is 11.8. The minimum atomic E-state index is -0.244. The molecule has 0 heterocycles. The predicted octanol–water partition coefficient (Wildman–Crippen LogP) is 2.46. The van der Waals surface area contributed by atoms with Crippen LogP contribution < -0.4 is 15.4 Å². The Balaban J connectivity index is 2.61. The second-order valence-corrected chi connectivity index (χ2v) is 5.64. The summed E-state index contributed by atoms with van der Waals surface area (Å²) in [7, 11) is 1.64. The molecule has 19 heavy (non-hydrogen) atoms. The van der Waals surface area contributed by atoms with Crippen LogP contribution in [0.2, 0.25) is 0 Å². The average Bonchev–Trinajstić information content (AvgIpc) is 2.35. The quantitative estimate of drug-likeness (QED) is 0.843. The van der Waals surface area contributed by atoms with Crippen LogP contribution in [0.3, 0.4) is 0 Å². The van der Waals surface area contributed by atoms with Gasteiger partial charge in [0.15, 0.2) is 0 Å². The number of carbonyl (C=O) groups is 1. The molecule has 5 heteroatoms. The summed E-state index contributed by atoms with van der Waals surface area (Å²) in [5.74, 6) is 0.816. The van der Waals surface area contributed by atoms with E-state index in [1.165, 1.54) is 0 Å². The Bertz CT molecular complexity index is 435. The second-order valence-electron chi connectivity index (χ2n) is 4.72. The first kappa shape index (κ1) is 16.0. The van der Waals surface area contributed by atoms with Gasteiger partial charge in [0.2, 0.25) is 5.91 Å². The molecule has 0 aliphatic carbocycles. The Labute approximate surface area is 123 Å². The summed E-state index contributed by atoms with van der Waals surface area (Å²) >= 11 is 3.43. The summed E-state index contributed by atoms with van der Waals surface area (Å²) in [6.07, 6.45) is 0. The molecule has 0 saturated carbocycles.